The number of rotatable bonds is 5. The lowest BCUT2D eigenvalue weighted by Crippen LogP contribution is -2.09. The predicted octanol–water partition coefficient (Wildman–Crippen LogP) is 3.60. The monoisotopic (exact) mass is 298 g/mol. The van der Waals surface area contributed by atoms with E-state index in [-0.39, 0.29) is 11.7 Å². The van der Waals surface area contributed by atoms with Gasteiger partial charge in [0.05, 0.1) is 18.3 Å². The highest BCUT2D eigenvalue weighted by molar-refractivity contribution is 7.99. The van der Waals surface area contributed by atoms with Crippen LogP contribution in [0.25, 0.3) is 0 Å². The summed E-state index contributed by atoms with van der Waals surface area (Å²) in [6.07, 6.45) is 4.06. The molecule has 0 saturated heterocycles. The highest BCUT2D eigenvalue weighted by Crippen LogP contribution is 2.37. The van der Waals surface area contributed by atoms with Crippen LogP contribution in [0.2, 0.25) is 0 Å². The number of hydrogen-bond acceptors (Lipinski definition) is 4. The van der Waals surface area contributed by atoms with Crippen LogP contribution in [-0.2, 0) is 6.54 Å². The van der Waals surface area contributed by atoms with Crippen molar-refractivity contribution in [2.45, 2.75) is 23.8 Å². The van der Waals surface area contributed by atoms with Gasteiger partial charge in [0.1, 0.15) is 5.69 Å². The van der Waals surface area contributed by atoms with Gasteiger partial charge in [-0.25, -0.2) is 0 Å². The number of carbonyl (C=O) groups is 1. The van der Waals surface area contributed by atoms with Crippen LogP contribution in [-0.4, -0.2) is 16.1 Å². The van der Waals surface area contributed by atoms with E-state index < -0.39 is 0 Å². The van der Waals surface area contributed by atoms with E-state index in [2.05, 4.69) is 12.6 Å². The van der Waals surface area contributed by atoms with E-state index in [1.165, 1.54) is 6.26 Å². The number of hydrogen-bond donors (Lipinski definition) is 0. The van der Waals surface area contributed by atoms with Gasteiger partial charge in [-0.1, -0.05) is 6.08 Å². The van der Waals surface area contributed by atoms with Crippen LogP contribution in [0, 0.1) is 11.3 Å². The molecule has 0 fully saturated rings. The molecule has 0 aromatic carbocycles. The Balaban J connectivity index is 2.07. The molecule has 0 radical (unpaired) electrons. The zero-order chi connectivity index (χ0) is 14.8. The first-order chi connectivity index (χ1) is 10.3. The minimum atomic E-state index is -0.133. The third-order valence-corrected chi connectivity index (χ3v) is 4.59. The first kappa shape index (κ1) is 13.8. The molecule has 1 atom stereocenters. The van der Waals surface area contributed by atoms with Crippen molar-refractivity contribution in [3.05, 3.63) is 54.3 Å². The molecule has 0 amide bonds. The zero-order valence-corrected chi connectivity index (χ0v) is 12.2. The standard InChI is InChI=1S/C16H14N2O2S/c1-2-8-21-14-9-12-11(10-17)5-6-18(12)15(14)16(19)13-4-3-7-20-13/h2-4,7,9,11H,1,5-6,8H2. The molecular weight excluding hydrogens is 284 g/mol. The normalized spacial score (nSPS) is 16.4. The molecule has 2 aromatic heterocycles. The molecule has 0 spiro atoms. The lowest BCUT2D eigenvalue weighted by atomic mass is 10.1. The summed E-state index contributed by atoms with van der Waals surface area (Å²) in [5.41, 5.74) is 1.56. The van der Waals surface area contributed by atoms with E-state index in [4.69, 9.17) is 4.42 Å². The Kier molecular flexibility index (Phi) is 3.72. The molecule has 1 unspecified atom stereocenters. The Bertz CT molecular complexity index is 722. The van der Waals surface area contributed by atoms with Crippen molar-refractivity contribution in [3.8, 4) is 6.07 Å². The highest BCUT2D eigenvalue weighted by atomic mass is 32.2. The van der Waals surface area contributed by atoms with Crippen LogP contribution in [0.1, 0.15) is 34.3 Å². The molecule has 1 aliphatic rings. The fourth-order valence-corrected chi connectivity index (χ4v) is 3.47. The average molecular weight is 298 g/mol. The first-order valence-electron chi connectivity index (χ1n) is 6.71. The van der Waals surface area contributed by atoms with E-state index in [1.54, 1.807) is 30.0 Å². The Morgan fingerprint density at radius 3 is 3.19 bits per heavy atom. The molecule has 0 bridgehead atoms. The van der Waals surface area contributed by atoms with Crippen LogP contribution in [0.5, 0.6) is 0 Å². The Morgan fingerprint density at radius 2 is 2.52 bits per heavy atom. The summed E-state index contributed by atoms with van der Waals surface area (Å²) in [7, 11) is 0. The van der Waals surface area contributed by atoms with Crippen molar-refractivity contribution < 1.29 is 9.21 Å². The molecule has 106 valence electrons. The molecule has 0 saturated carbocycles. The SMILES string of the molecule is C=CCSc1cc2n(c1C(=O)c1ccco1)CCC2C#N. The second kappa shape index (κ2) is 5.66. The smallest absolute Gasteiger partial charge is 0.245 e. The second-order valence-corrected chi connectivity index (χ2v) is 5.87. The summed E-state index contributed by atoms with van der Waals surface area (Å²) in [5, 5.41) is 9.22. The van der Waals surface area contributed by atoms with Crippen molar-refractivity contribution in [1.29, 1.82) is 5.26 Å². The van der Waals surface area contributed by atoms with Crippen LogP contribution < -0.4 is 0 Å². The van der Waals surface area contributed by atoms with Crippen molar-refractivity contribution >= 4 is 17.5 Å². The van der Waals surface area contributed by atoms with E-state index in [9.17, 15) is 10.1 Å². The van der Waals surface area contributed by atoms with Crippen LogP contribution in [0.3, 0.4) is 0 Å². The third-order valence-electron chi connectivity index (χ3n) is 3.56. The van der Waals surface area contributed by atoms with Crippen LogP contribution in [0.4, 0.5) is 0 Å². The maximum absolute atomic E-state index is 12.7. The average Bonchev–Trinajstić information content (AvgIpc) is 3.19. The maximum atomic E-state index is 12.7. The van der Waals surface area contributed by atoms with E-state index in [0.717, 1.165) is 22.8 Å². The van der Waals surface area contributed by atoms with E-state index in [0.29, 0.717) is 18.0 Å². The zero-order valence-electron chi connectivity index (χ0n) is 11.4. The van der Waals surface area contributed by atoms with E-state index in [1.807, 2.05) is 10.6 Å². The number of fused-ring (bicyclic) bond motifs is 1. The molecular formula is C16H14N2O2S. The quantitative estimate of drug-likeness (QED) is 0.481. The Morgan fingerprint density at radius 1 is 1.67 bits per heavy atom. The maximum Gasteiger partial charge on any atom is 0.245 e. The Hall–Kier alpha value is -2.19. The number of furan rings is 1. The van der Waals surface area contributed by atoms with Gasteiger partial charge >= 0.3 is 0 Å². The highest BCUT2D eigenvalue weighted by Gasteiger charge is 2.31. The molecule has 21 heavy (non-hydrogen) atoms. The van der Waals surface area contributed by atoms with Gasteiger partial charge in [-0.15, -0.1) is 18.3 Å². The number of carbonyl (C=O) groups excluding carboxylic acids is 1. The molecule has 5 heteroatoms. The van der Waals surface area contributed by atoms with Crippen molar-refractivity contribution in [2.75, 3.05) is 5.75 Å². The summed E-state index contributed by atoms with van der Waals surface area (Å²) >= 11 is 1.56. The largest absolute Gasteiger partial charge is 0.461 e. The molecule has 1 aliphatic heterocycles. The molecule has 3 rings (SSSR count). The third kappa shape index (κ3) is 2.32. The number of nitriles is 1. The van der Waals surface area contributed by atoms with Crippen molar-refractivity contribution in [1.82, 2.24) is 4.57 Å². The lowest BCUT2D eigenvalue weighted by Gasteiger charge is -2.06. The summed E-state index contributed by atoms with van der Waals surface area (Å²) in [6, 6.07) is 7.64. The van der Waals surface area contributed by atoms with Gasteiger partial charge in [-0.3, -0.25) is 4.79 Å². The van der Waals surface area contributed by atoms with Gasteiger partial charge in [0.2, 0.25) is 5.78 Å². The summed E-state index contributed by atoms with van der Waals surface area (Å²) in [5.74, 6) is 0.790. The van der Waals surface area contributed by atoms with Crippen molar-refractivity contribution in [3.63, 3.8) is 0 Å². The lowest BCUT2D eigenvalue weighted by molar-refractivity contribution is 0.0997. The van der Waals surface area contributed by atoms with Gasteiger partial charge < -0.3 is 8.98 Å². The first-order valence-corrected chi connectivity index (χ1v) is 7.69. The van der Waals surface area contributed by atoms with Gasteiger partial charge in [-0.05, 0) is 24.6 Å². The molecule has 0 N–H and O–H groups in total. The number of aromatic nitrogens is 1. The summed E-state index contributed by atoms with van der Waals surface area (Å²) < 4.78 is 7.20. The predicted molar refractivity (Wildman–Crippen MR) is 80.5 cm³/mol. The minimum absolute atomic E-state index is 0.128. The fourth-order valence-electron chi connectivity index (χ4n) is 2.63. The summed E-state index contributed by atoms with van der Waals surface area (Å²) in [6.45, 7) is 4.41. The number of ketones is 1. The number of thioether (sulfide) groups is 1. The van der Waals surface area contributed by atoms with Gasteiger partial charge in [0, 0.05) is 22.9 Å². The number of nitrogens with zero attached hydrogens (tertiary/aromatic N) is 2. The van der Waals surface area contributed by atoms with E-state index >= 15 is 0 Å². The molecule has 4 nitrogen and oxygen atoms in total. The Labute approximate surface area is 127 Å². The molecule has 2 aromatic rings. The van der Waals surface area contributed by atoms with Gasteiger partial charge in [0.15, 0.2) is 5.76 Å². The summed E-state index contributed by atoms with van der Waals surface area (Å²) in [4.78, 5) is 13.6. The molecule has 3 heterocycles. The molecule has 0 aliphatic carbocycles. The fraction of sp³-hybridized carbons (Fsp3) is 0.250. The van der Waals surface area contributed by atoms with Gasteiger partial charge in [0.25, 0.3) is 0 Å². The van der Waals surface area contributed by atoms with Gasteiger partial charge in [-0.2, -0.15) is 5.26 Å². The second-order valence-electron chi connectivity index (χ2n) is 4.81. The van der Waals surface area contributed by atoms with Crippen molar-refractivity contribution in [2.24, 2.45) is 0 Å². The van der Waals surface area contributed by atoms with Crippen LogP contribution >= 0.6 is 11.8 Å². The van der Waals surface area contributed by atoms with Crippen LogP contribution in [0.15, 0.2) is 46.4 Å². The minimum Gasteiger partial charge on any atom is -0.461 e. The topological polar surface area (TPSA) is 58.9 Å².